The van der Waals surface area contributed by atoms with E-state index < -0.39 is 0 Å². The van der Waals surface area contributed by atoms with Gasteiger partial charge in [-0.25, -0.2) is 4.98 Å². The Kier molecular flexibility index (Phi) is 5.43. The molecule has 2 aliphatic rings. The second kappa shape index (κ2) is 7.21. The van der Waals surface area contributed by atoms with Gasteiger partial charge in [-0.15, -0.1) is 0 Å². The Balaban J connectivity index is 1.77. The van der Waals surface area contributed by atoms with Crippen LogP contribution in [0.1, 0.15) is 57.7 Å². The zero-order chi connectivity index (χ0) is 20.0. The number of aromatic nitrogens is 2. The molecule has 0 amide bonds. The molecule has 1 spiro atoms. The summed E-state index contributed by atoms with van der Waals surface area (Å²) in [5.74, 6) is 1.79. The highest BCUT2D eigenvalue weighted by atomic mass is 16.5. The van der Waals surface area contributed by atoms with Crippen LogP contribution in [0.25, 0.3) is 0 Å². The van der Waals surface area contributed by atoms with Crippen molar-refractivity contribution in [3.05, 3.63) is 11.3 Å². The van der Waals surface area contributed by atoms with E-state index in [9.17, 15) is 5.11 Å². The average molecular weight is 377 g/mol. The van der Waals surface area contributed by atoms with Crippen molar-refractivity contribution in [3.8, 4) is 0 Å². The van der Waals surface area contributed by atoms with Crippen molar-refractivity contribution < 1.29 is 9.84 Å². The molecule has 2 saturated heterocycles. The van der Waals surface area contributed by atoms with Crippen LogP contribution in [-0.2, 0) is 4.74 Å². The number of aliphatic hydroxyl groups excluding tert-OH is 1. The Morgan fingerprint density at radius 2 is 1.78 bits per heavy atom. The van der Waals surface area contributed by atoms with Gasteiger partial charge in [-0.2, -0.15) is 4.98 Å². The normalized spacial score (nSPS) is 25.7. The van der Waals surface area contributed by atoms with Crippen LogP contribution in [-0.4, -0.2) is 60.1 Å². The molecule has 0 unspecified atom stereocenters. The summed E-state index contributed by atoms with van der Waals surface area (Å²) in [5, 5.41) is 10.5. The number of anilines is 2. The SMILES string of the molecule is Cc1nc(N(C)C)nc(N2CCC3(CC2)C[C@H](O)C[C@H](C(C)(C)C)O3)c1C. The van der Waals surface area contributed by atoms with Crippen molar-refractivity contribution in [2.24, 2.45) is 5.41 Å². The molecule has 2 atom stereocenters. The maximum absolute atomic E-state index is 10.5. The van der Waals surface area contributed by atoms with E-state index in [0.717, 1.165) is 61.8 Å². The first-order chi connectivity index (χ1) is 12.5. The van der Waals surface area contributed by atoms with E-state index in [1.807, 2.05) is 25.9 Å². The maximum atomic E-state index is 10.5. The van der Waals surface area contributed by atoms with Crippen LogP contribution in [0.3, 0.4) is 0 Å². The van der Waals surface area contributed by atoms with Gasteiger partial charge >= 0.3 is 0 Å². The summed E-state index contributed by atoms with van der Waals surface area (Å²) >= 11 is 0. The standard InChI is InChI=1S/C21H36N4O2/c1-14-15(2)22-19(24(6)7)23-18(14)25-10-8-21(9-11-25)13-16(26)12-17(27-21)20(3,4)5/h16-17,26H,8-13H2,1-7H3/t16-,17-/m1/s1. The highest BCUT2D eigenvalue weighted by molar-refractivity contribution is 5.52. The molecule has 1 N–H and O–H groups in total. The minimum atomic E-state index is -0.266. The number of nitrogens with zero attached hydrogens (tertiary/aromatic N) is 4. The first kappa shape index (κ1) is 20.3. The summed E-state index contributed by atoms with van der Waals surface area (Å²) in [6.07, 6.45) is 3.19. The monoisotopic (exact) mass is 376 g/mol. The third-order valence-corrected chi connectivity index (χ3v) is 6.18. The van der Waals surface area contributed by atoms with Crippen LogP contribution in [0, 0.1) is 19.3 Å². The van der Waals surface area contributed by atoms with E-state index in [4.69, 9.17) is 9.72 Å². The molecular formula is C21H36N4O2. The highest BCUT2D eigenvalue weighted by Gasteiger charge is 2.46. The Bertz CT molecular complexity index is 675. The van der Waals surface area contributed by atoms with Crippen LogP contribution < -0.4 is 9.80 Å². The number of hydrogen-bond donors (Lipinski definition) is 1. The zero-order valence-corrected chi connectivity index (χ0v) is 18.0. The smallest absolute Gasteiger partial charge is 0.227 e. The van der Waals surface area contributed by atoms with Gasteiger partial charge in [-0.1, -0.05) is 20.8 Å². The number of aliphatic hydroxyl groups is 1. The van der Waals surface area contributed by atoms with E-state index >= 15 is 0 Å². The molecule has 0 aliphatic carbocycles. The molecule has 1 aromatic rings. The lowest BCUT2D eigenvalue weighted by Gasteiger charge is -2.51. The molecule has 1 aromatic heterocycles. The molecule has 152 valence electrons. The highest BCUT2D eigenvalue weighted by Crippen LogP contribution is 2.43. The van der Waals surface area contributed by atoms with Gasteiger partial charge in [-0.3, -0.25) is 0 Å². The van der Waals surface area contributed by atoms with Crippen molar-refractivity contribution in [3.63, 3.8) is 0 Å². The predicted molar refractivity (Wildman–Crippen MR) is 110 cm³/mol. The first-order valence-corrected chi connectivity index (χ1v) is 10.1. The van der Waals surface area contributed by atoms with Gasteiger partial charge in [0.15, 0.2) is 0 Å². The summed E-state index contributed by atoms with van der Waals surface area (Å²) in [6, 6.07) is 0. The molecule has 2 aliphatic heterocycles. The molecule has 27 heavy (non-hydrogen) atoms. The Hall–Kier alpha value is -1.40. The van der Waals surface area contributed by atoms with Crippen LogP contribution in [0.5, 0.6) is 0 Å². The Morgan fingerprint density at radius 1 is 1.15 bits per heavy atom. The van der Waals surface area contributed by atoms with Crippen LogP contribution in [0.15, 0.2) is 0 Å². The number of rotatable bonds is 2. The quantitative estimate of drug-likeness (QED) is 0.856. The first-order valence-electron chi connectivity index (χ1n) is 10.1. The number of piperidine rings is 1. The lowest BCUT2D eigenvalue weighted by atomic mass is 9.76. The molecular weight excluding hydrogens is 340 g/mol. The third kappa shape index (κ3) is 4.21. The number of ether oxygens (including phenoxy) is 1. The van der Waals surface area contributed by atoms with Crippen molar-refractivity contribution in [2.45, 2.75) is 78.1 Å². The molecule has 6 heteroatoms. The Morgan fingerprint density at radius 3 is 2.33 bits per heavy atom. The van der Waals surface area contributed by atoms with Crippen molar-refractivity contribution in [1.29, 1.82) is 0 Å². The van der Waals surface area contributed by atoms with Crippen LogP contribution in [0.2, 0.25) is 0 Å². The van der Waals surface area contributed by atoms with Gasteiger partial charge in [0.05, 0.1) is 17.8 Å². The molecule has 6 nitrogen and oxygen atoms in total. The molecule has 3 rings (SSSR count). The molecule has 0 bridgehead atoms. The topological polar surface area (TPSA) is 61.7 Å². The minimum Gasteiger partial charge on any atom is -0.393 e. The van der Waals surface area contributed by atoms with E-state index in [1.54, 1.807) is 0 Å². The Labute approximate surface area is 163 Å². The van der Waals surface area contributed by atoms with Gasteiger partial charge in [0.2, 0.25) is 5.95 Å². The summed E-state index contributed by atoms with van der Waals surface area (Å²) in [7, 11) is 3.95. The number of aryl methyl sites for hydroxylation is 1. The maximum Gasteiger partial charge on any atom is 0.227 e. The van der Waals surface area contributed by atoms with Gasteiger partial charge in [0, 0.05) is 51.3 Å². The fraction of sp³-hybridized carbons (Fsp3) is 0.810. The summed E-state index contributed by atoms with van der Waals surface area (Å²) in [6.45, 7) is 12.6. The van der Waals surface area contributed by atoms with Crippen molar-refractivity contribution in [2.75, 3.05) is 37.0 Å². The molecule has 2 fully saturated rings. The lowest BCUT2D eigenvalue weighted by molar-refractivity contribution is -0.199. The summed E-state index contributed by atoms with van der Waals surface area (Å²) in [4.78, 5) is 13.7. The third-order valence-electron chi connectivity index (χ3n) is 6.18. The summed E-state index contributed by atoms with van der Waals surface area (Å²) < 4.78 is 6.62. The van der Waals surface area contributed by atoms with Gasteiger partial charge in [0.25, 0.3) is 0 Å². The van der Waals surface area contributed by atoms with Gasteiger partial charge in [0.1, 0.15) is 5.82 Å². The van der Waals surface area contributed by atoms with E-state index in [-0.39, 0.29) is 23.2 Å². The van der Waals surface area contributed by atoms with E-state index in [0.29, 0.717) is 0 Å². The molecule has 0 radical (unpaired) electrons. The van der Waals surface area contributed by atoms with E-state index in [1.165, 1.54) is 0 Å². The average Bonchev–Trinajstić information content (AvgIpc) is 2.56. The van der Waals surface area contributed by atoms with Gasteiger partial charge in [-0.05, 0) is 32.1 Å². The van der Waals surface area contributed by atoms with E-state index in [2.05, 4.69) is 37.6 Å². The number of hydrogen-bond acceptors (Lipinski definition) is 6. The zero-order valence-electron chi connectivity index (χ0n) is 18.0. The van der Waals surface area contributed by atoms with Crippen LogP contribution in [0.4, 0.5) is 11.8 Å². The van der Waals surface area contributed by atoms with Crippen LogP contribution >= 0.6 is 0 Å². The predicted octanol–water partition coefficient (Wildman–Crippen LogP) is 3.08. The summed E-state index contributed by atoms with van der Waals surface area (Å²) in [5.41, 5.74) is 2.02. The second-order valence-electron chi connectivity index (χ2n) is 9.69. The lowest BCUT2D eigenvalue weighted by Crippen LogP contribution is -2.55. The molecule has 3 heterocycles. The molecule has 0 saturated carbocycles. The van der Waals surface area contributed by atoms with Gasteiger partial charge < -0.3 is 19.6 Å². The molecule has 0 aromatic carbocycles. The fourth-order valence-electron chi connectivity index (χ4n) is 4.24. The second-order valence-corrected chi connectivity index (χ2v) is 9.69. The van der Waals surface area contributed by atoms with Crippen molar-refractivity contribution >= 4 is 11.8 Å². The van der Waals surface area contributed by atoms with Crippen molar-refractivity contribution in [1.82, 2.24) is 9.97 Å². The fourth-order valence-corrected chi connectivity index (χ4v) is 4.24. The minimum absolute atomic E-state index is 0.0481. The largest absolute Gasteiger partial charge is 0.393 e.